The standard InChI is InChI=1S/C18H26N2O3S/c21-17-5-1-2-8-19(17)9-6-18(22)20(12-15-7-11-24-14-15)13-16-4-3-10-23-16/h7,11,14,16H,1-6,8-10,12-13H2/t16-/m1/s1. The number of rotatable bonds is 7. The van der Waals surface area contributed by atoms with E-state index in [1.165, 1.54) is 5.56 Å². The van der Waals surface area contributed by atoms with Gasteiger partial charge in [-0.25, -0.2) is 0 Å². The zero-order valence-corrected chi connectivity index (χ0v) is 14.9. The zero-order chi connectivity index (χ0) is 16.8. The Hall–Kier alpha value is -1.40. The summed E-state index contributed by atoms with van der Waals surface area (Å²) in [4.78, 5) is 28.4. The molecule has 0 N–H and O–H groups in total. The van der Waals surface area contributed by atoms with Crippen LogP contribution in [0.3, 0.4) is 0 Å². The van der Waals surface area contributed by atoms with E-state index in [-0.39, 0.29) is 17.9 Å². The third-order valence-corrected chi connectivity index (χ3v) is 5.50. The minimum atomic E-state index is 0.120. The molecular weight excluding hydrogens is 324 g/mol. The SMILES string of the molecule is O=C1CCCCN1CCC(=O)N(Cc1ccsc1)C[C@H]1CCCO1. The number of thiophene rings is 1. The fourth-order valence-electron chi connectivity index (χ4n) is 3.38. The van der Waals surface area contributed by atoms with Gasteiger partial charge in [-0.05, 0) is 48.1 Å². The number of likely N-dealkylation sites (tertiary alicyclic amines) is 1. The maximum atomic E-state index is 12.7. The van der Waals surface area contributed by atoms with E-state index >= 15 is 0 Å². The number of ether oxygens (including phenoxy) is 1. The minimum absolute atomic E-state index is 0.120. The highest BCUT2D eigenvalue weighted by molar-refractivity contribution is 7.07. The smallest absolute Gasteiger partial charge is 0.224 e. The van der Waals surface area contributed by atoms with Gasteiger partial charge in [0.05, 0.1) is 6.10 Å². The molecule has 5 nitrogen and oxygen atoms in total. The van der Waals surface area contributed by atoms with Crippen molar-refractivity contribution >= 4 is 23.2 Å². The summed E-state index contributed by atoms with van der Waals surface area (Å²) in [6.07, 6.45) is 5.32. The van der Waals surface area contributed by atoms with Gasteiger partial charge in [0.1, 0.15) is 0 Å². The average molecular weight is 350 g/mol. The van der Waals surface area contributed by atoms with Gasteiger partial charge in [-0.15, -0.1) is 0 Å². The lowest BCUT2D eigenvalue weighted by Gasteiger charge is -2.29. The van der Waals surface area contributed by atoms with Crippen molar-refractivity contribution in [2.75, 3.05) is 26.2 Å². The van der Waals surface area contributed by atoms with Crippen LogP contribution in [0.25, 0.3) is 0 Å². The average Bonchev–Trinajstić information content (AvgIpc) is 3.27. The van der Waals surface area contributed by atoms with Crippen molar-refractivity contribution in [2.45, 2.75) is 51.2 Å². The topological polar surface area (TPSA) is 49.9 Å². The van der Waals surface area contributed by atoms with Crippen LogP contribution in [-0.4, -0.2) is 54.0 Å². The first-order valence-electron chi connectivity index (χ1n) is 8.90. The Morgan fingerprint density at radius 3 is 3.00 bits per heavy atom. The summed E-state index contributed by atoms with van der Waals surface area (Å²) in [5, 5.41) is 4.13. The Morgan fingerprint density at radius 2 is 2.29 bits per heavy atom. The lowest BCUT2D eigenvalue weighted by atomic mass is 10.1. The summed E-state index contributed by atoms with van der Waals surface area (Å²) in [5.41, 5.74) is 1.17. The second-order valence-electron chi connectivity index (χ2n) is 6.63. The van der Waals surface area contributed by atoms with E-state index in [9.17, 15) is 9.59 Å². The predicted octanol–water partition coefficient (Wildman–Crippen LogP) is 2.66. The Bertz CT molecular complexity index is 540. The van der Waals surface area contributed by atoms with Crippen molar-refractivity contribution < 1.29 is 14.3 Å². The molecule has 2 saturated heterocycles. The summed E-state index contributed by atoms with van der Waals surface area (Å²) in [7, 11) is 0. The summed E-state index contributed by atoms with van der Waals surface area (Å²) in [6.45, 7) is 3.43. The fraction of sp³-hybridized carbons (Fsp3) is 0.667. The van der Waals surface area contributed by atoms with Crippen LogP contribution in [0.15, 0.2) is 16.8 Å². The molecule has 0 saturated carbocycles. The third-order valence-electron chi connectivity index (χ3n) is 4.77. The van der Waals surface area contributed by atoms with E-state index in [0.717, 1.165) is 38.8 Å². The largest absolute Gasteiger partial charge is 0.376 e. The normalized spacial score (nSPS) is 21.2. The molecule has 132 valence electrons. The Kier molecular flexibility index (Phi) is 6.26. The first-order valence-corrected chi connectivity index (χ1v) is 9.85. The number of hydrogen-bond donors (Lipinski definition) is 0. The molecule has 0 bridgehead atoms. The van der Waals surface area contributed by atoms with Gasteiger partial charge < -0.3 is 14.5 Å². The van der Waals surface area contributed by atoms with Crippen molar-refractivity contribution in [1.29, 1.82) is 0 Å². The van der Waals surface area contributed by atoms with Gasteiger partial charge in [0.25, 0.3) is 0 Å². The number of carbonyl (C=O) groups excluding carboxylic acids is 2. The lowest BCUT2D eigenvalue weighted by molar-refractivity contribution is -0.136. The van der Waals surface area contributed by atoms with E-state index in [0.29, 0.717) is 32.5 Å². The van der Waals surface area contributed by atoms with Gasteiger partial charge in [0.2, 0.25) is 11.8 Å². The van der Waals surface area contributed by atoms with E-state index < -0.39 is 0 Å². The Morgan fingerprint density at radius 1 is 1.38 bits per heavy atom. The van der Waals surface area contributed by atoms with Crippen molar-refractivity contribution in [1.82, 2.24) is 9.80 Å². The van der Waals surface area contributed by atoms with Crippen LogP contribution >= 0.6 is 11.3 Å². The molecule has 1 aromatic heterocycles. The molecule has 3 heterocycles. The first-order chi connectivity index (χ1) is 11.7. The van der Waals surface area contributed by atoms with Gasteiger partial charge >= 0.3 is 0 Å². The number of amides is 2. The summed E-state index contributed by atoms with van der Waals surface area (Å²) in [6, 6.07) is 2.06. The molecule has 2 aliphatic rings. The van der Waals surface area contributed by atoms with Gasteiger partial charge in [-0.2, -0.15) is 11.3 Å². The maximum absolute atomic E-state index is 12.7. The monoisotopic (exact) mass is 350 g/mol. The quantitative estimate of drug-likeness (QED) is 0.760. The molecule has 0 spiro atoms. The molecule has 0 aromatic carbocycles. The number of nitrogens with zero attached hydrogens (tertiary/aromatic N) is 2. The second-order valence-corrected chi connectivity index (χ2v) is 7.41. The number of piperidine rings is 1. The molecule has 1 atom stereocenters. The molecule has 6 heteroatoms. The molecule has 3 rings (SSSR count). The van der Waals surface area contributed by atoms with E-state index in [4.69, 9.17) is 4.74 Å². The van der Waals surface area contributed by atoms with Crippen LogP contribution < -0.4 is 0 Å². The van der Waals surface area contributed by atoms with E-state index in [1.807, 2.05) is 15.2 Å². The predicted molar refractivity (Wildman–Crippen MR) is 93.8 cm³/mol. The van der Waals surface area contributed by atoms with Crippen LogP contribution in [0.1, 0.15) is 44.1 Å². The first kappa shape index (κ1) is 17.4. The molecular formula is C18H26N2O3S. The zero-order valence-electron chi connectivity index (χ0n) is 14.1. The van der Waals surface area contributed by atoms with Crippen LogP contribution in [0.2, 0.25) is 0 Å². The molecule has 1 aromatic rings. The highest BCUT2D eigenvalue weighted by Crippen LogP contribution is 2.18. The molecule has 24 heavy (non-hydrogen) atoms. The summed E-state index contributed by atoms with van der Waals surface area (Å²) in [5.74, 6) is 0.313. The maximum Gasteiger partial charge on any atom is 0.224 e. The summed E-state index contributed by atoms with van der Waals surface area (Å²) >= 11 is 1.65. The van der Waals surface area contributed by atoms with Crippen LogP contribution in [0.4, 0.5) is 0 Å². The summed E-state index contributed by atoms with van der Waals surface area (Å²) < 4.78 is 5.71. The van der Waals surface area contributed by atoms with E-state index in [2.05, 4.69) is 11.4 Å². The Labute approximate surface area is 147 Å². The molecule has 0 unspecified atom stereocenters. The minimum Gasteiger partial charge on any atom is -0.376 e. The van der Waals surface area contributed by atoms with Crippen molar-refractivity contribution in [3.8, 4) is 0 Å². The van der Waals surface area contributed by atoms with E-state index in [1.54, 1.807) is 11.3 Å². The number of carbonyl (C=O) groups is 2. The van der Waals surface area contributed by atoms with Gasteiger partial charge in [0, 0.05) is 45.6 Å². The third kappa shape index (κ3) is 4.80. The van der Waals surface area contributed by atoms with Crippen molar-refractivity contribution in [3.05, 3.63) is 22.4 Å². The van der Waals surface area contributed by atoms with Crippen molar-refractivity contribution in [2.24, 2.45) is 0 Å². The van der Waals surface area contributed by atoms with Crippen LogP contribution in [0.5, 0.6) is 0 Å². The fourth-order valence-corrected chi connectivity index (χ4v) is 4.04. The van der Waals surface area contributed by atoms with Gasteiger partial charge in [-0.3, -0.25) is 9.59 Å². The van der Waals surface area contributed by atoms with Gasteiger partial charge in [-0.1, -0.05) is 0 Å². The molecule has 2 fully saturated rings. The Balaban J connectivity index is 1.55. The van der Waals surface area contributed by atoms with Crippen molar-refractivity contribution in [3.63, 3.8) is 0 Å². The van der Waals surface area contributed by atoms with Crippen LogP contribution in [0, 0.1) is 0 Å². The number of hydrogen-bond acceptors (Lipinski definition) is 4. The lowest BCUT2D eigenvalue weighted by Crippen LogP contribution is -2.41. The molecule has 2 aliphatic heterocycles. The van der Waals surface area contributed by atoms with Crippen LogP contribution in [-0.2, 0) is 20.9 Å². The van der Waals surface area contributed by atoms with Gasteiger partial charge in [0.15, 0.2) is 0 Å². The highest BCUT2D eigenvalue weighted by atomic mass is 32.1. The molecule has 0 radical (unpaired) electrons. The highest BCUT2D eigenvalue weighted by Gasteiger charge is 2.24. The molecule has 2 amide bonds. The molecule has 0 aliphatic carbocycles. The second kappa shape index (κ2) is 8.62.